The van der Waals surface area contributed by atoms with E-state index in [0.29, 0.717) is 17.9 Å². The average molecular weight is 268 g/mol. The summed E-state index contributed by atoms with van der Waals surface area (Å²) in [5.74, 6) is -1.13. The largest absolute Gasteiger partial charge is 0.545 e. The highest BCUT2D eigenvalue weighted by Gasteiger charge is 2.03. The smallest absolute Gasteiger partial charge is 0.183 e. The number of carbonyl (C=O) groups is 1. The highest BCUT2D eigenvalue weighted by atomic mass is 16.4. The van der Waals surface area contributed by atoms with Crippen molar-refractivity contribution in [1.29, 1.82) is 5.26 Å². The van der Waals surface area contributed by atoms with E-state index >= 15 is 0 Å². The molecule has 100 valence electrons. The van der Waals surface area contributed by atoms with Crippen molar-refractivity contribution in [2.75, 3.05) is 11.1 Å². The summed E-state index contributed by atoms with van der Waals surface area (Å²) < 4.78 is 0. The lowest BCUT2D eigenvalue weighted by molar-refractivity contribution is -0.255. The summed E-state index contributed by atoms with van der Waals surface area (Å²) in [6.07, 6.45) is 1.47. The van der Waals surface area contributed by atoms with E-state index in [2.05, 4.69) is 15.3 Å². The van der Waals surface area contributed by atoms with Gasteiger partial charge < -0.3 is 21.0 Å². The number of aromatic nitrogens is 2. The van der Waals surface area contributed by atoms with Crippen molar-refractivity contribution in [3.8, 4) is 6.07 Å². The first-order valence-corrected chi connectivity index (χ1v) is 5.67. The Hall–Kier alpha value is -3.14. The second-order valence-electron chi connectivity index (χ2n) is 3.93. The third-order valence-electron chi connectivity index (χ3n) is 2.55. The number of benzene rings is 1. The van der Waals surface area contributed by atoms with Crippen LogP contribution in [0.5, 0.6) is 0 Å². The predicted molar refractivity (Wildman–Crippen MR) is 69.3 cm³/mol. The van der Waals surface area contributed by atoms with Gasteiger partial charge in [0.1, 0.15) is 6.07 Å². The van der Waals surface area contributed by atoms with Crippen LogP contribution < -0.4 is 16.2 Å². The Labute approximate surface area is 114 Å². The fraction of sp³-hybridized carbons (Fsp3) is 0.0769. The Morgan fingerprint density at radius 3 is 2.70 bits per heavy atom. The van der Waals surface area contributed by atoms with E-state index in [1.54, 1.807) is 12.1 Å². The van der Waals surface area contributed by atoms with Crippen molar-refractivity contribution in [2.45, 2.75) is 6.54 Å². The van der Waals surface area contributed by atoms with Crippen molar-refractivity contribution < 1.29 is 9.90 Å². The number of hydrogen-bond acceptors (Lipinski definition) is 7. The molecule has 0 spiro atoms. The van der Waals surface area contributed by atoms with Crippen LogP contribution in [0, 0.1) is 11.3 Å². The number of aromatic carboxylic acids is 1. The summed E-state index contributed by atoms with van der Waals surface area (Å²) in [4.78, 5) is 18.5. The van der Waals surface area contributed by atoms with Gasteiger partial charge in [-0.05, 0) is 17.7 Å². The number of nitrogens with one attached hydrogen (secondary N) is 1. The molecule has 1 heterocycles. The highest BCUT2D eigenvalue weighted by molar-refractivity contribution is 5.86. The van der Waals surface area contributed by atoms with Crippen LogP contribution in [0.3, 0.4) is 0 Å². The minimum absolute atomic E-state index is 0.0802. The summed E-state index contributed by atoms with van der Waals surface area (Å²) >= 11 is 0. The van der Waals surface area contributed by atoms with Crippen LogP contribution in [-0.4, -0.2) is 15.9 Å². The molecule has 0 bridgehead atoms. The second kappa shape index (κ2) is 5.67. The molecule has 0 unspecified atom stereocenters. The summed E-state index contributed by atoms with van der Waals surface area (Å²) in [6.45, 7) is 0.340. The number of rotatable bonds is 4. The number of carboxylic acid groups (broad SMARTS) is 1. The number of anilines is 2. The van der Waals surface area contributed by atoms with Crippen LogP contribution in [0.25, 0.3) is 0 Å². The van der Waals surface area contributed by atoms with Gasteiger partial charge in [-0.2, -0.15) is 5.26 Å². The van der Waals surface area contributed by atoms with Crippen molar-refractivity contribution >= 4 is 17.5 Å². The van der Waals surface area contributed by atoms with Gasteiger partial charge in [0.15, 0.2) is 11.5 Å². The monoisotopic (exact) mass is 268 g/mol. The first kappa shape index (κ1) is 13.3. The molecular weight excluding hydrogens is 258 g/mol. The Bertz CT molecular complexity index is 676. The lowest BCUT2D eigenvalue weighted by atomic mass is 10.2. The number of nitrogens with zero attached hydrogens (tertiary/aromatic N) is 3. The summed E-state index contributed by atoms with van der Waals surface area (Å²) in [6, 6.07) is 7.95. The van der Waals surface area contributed by atoms with Crippen LogP contribution in [0.15, 0.2) is 30.5 Å². The van der Waals surface area contributed by atoms with Crippen molar-refractivity contribution in [1.82, 2.24) is 9.97 Å². The number of carboxylic acids is 1. The summed E-state index contributed by atoms with van der Waals surface area (Å²) in [5, 5.41) is 22.4. The van der Waals surface area contributed by atoms with E-state index in [1.807, 2.05) is 6.07 Å². The molecule has 0 amide bonds. The molecule has 0 aliphatic heterocycles. The zero-order valence-corrected chi connectivity index (χ0v) is 10.3. The predicted octanol–water partition coefficient (Wildman–Crippen LogP) is -0.0939. The van der Waals surface area contributed by atoms with Gasteiger partial charge in [0.05, 0.1) is 24.4 Å². The van der Waals surface area contributed by atoms with Crippen molar-refractivity contribution in [2.24, 2.45) is 0 Å². The maximum atomic E-state index is 10.6. The topological polar surface area (TPSA) is 128 Å². The molecule has 0 saturated carbocycles. The van der Waals surface area contributed by atoms with Gasteiger partial charge in [-0.1, -0.05) is 12.1 Å². The quantitative estimate of drug-likeness (QED) is 0.792. The second-order valence-corrected chi connectivity index (χ2v) is 3.93. The van der Waals surface area contributed by atoms with Crippen LogP contribution in [-0.2, 0) is 6.54 Å². The maximum absolute atomic E-state index is 10.6. The molecule has 3 N–H and O–H groups in total. The SMILES string of the molecule is N#Cc1nc(CNc2ccc(C(=O)[O-])cc2)cnc1N. The third kappa shape index (κ3) is 3.00. The number of hydrogen-bond donors (Lipinski definition) is 2. The van der Waals surface area contributed by atoms with Crippen LogP contribution >= 0.6 is 0 Å². The molecule has 2 aromatic rings. The van der Waals surface area contributed by atoms with Gasteiger partial charge in [0.2, 0.25) is 0 Å². The van der Waals surface area contributed by atoms with Gasteiger partial charge in [-0.25, -0.2) is 9.97 Å². The van der Waals surface area contributed by atoms with E-state index in [4.69, 9.17) is 11.0 Å². The fourth-order valence-corrected chi connectivity index (χ4v) is 1.52. The Morgan fingerprint density at radius 2 is 2.10 bits per heavy atom. The first-order valence-electron chi connectivity index (χ1n) is 5.67. The average Bonchev–Trinajstić information content (AvgIpc) is 2.46. The minimum atomic E-state index is -1.22. The molecule has 0 saturated heterocycles. The van der Waals surface area contributed by atoms with E-state index in [-0.39, 0.29) is 17.1 Å². The number of nitrogen functional groups attached to an aromatic ring is 1. The Balaban J connectivity index is 2.05. The minimum Gasteiger partial charge on any atom is -0.545 e. The maximum Gasteiger partial charge on any atom is 0.183 e. The van der Waals surface area contributed by atoms with Gasteiger partial charge in [0.25, 0.3) is 0 Å². The zero-order valence-electron chi connectivity index (χ0n) is 10.3. The van der Waals surface area contributed by atoms with Crippen LogP contribution in [0.4, 0.5) is 11.5 Å². The molecule has 7 heteroatoms. The molecule has 0 atom stereocenters. The number of carbonyl (C=O) groups excluding carboxylic acids is 1. The molecule has 20 heavy (non-hydrogen) atoms. The molecule has 0 aliphatic carbocycles. The van der Waals surface area contributed by atoms with E-state index in [1.165, 1.54) is 18.3 Å². The normalized spacial score (nSPS) is 9.75. The summed E-state index contributed by atoms with van der Waals surface area (Å²) in [7, 11) is 0. The third-order valence-corrected chi connectivity index (χ3v) is 2.55. The van der Waals surface area contributed by atoms with Crippen molar-refractivity contribution in [3.05, 3.63) is 47.4 Å². The Kier molecular flexibility index (Phi) is 3.77. The standard InChI is InChI=1S/C13H11N5O2/c14-5-11-12(15)17-7-10(18-11)6-16-9-3-1-8(2-4-9)13(19)20/h1-4,7,16H,6H2,(H2,15,17)(H,19,20)/p-1. The Morgan fingerprint density at radius 1 is 1.40 bits per heavy atom. The van der Waals surface area contributed by atoms with E-state index in [0.717, 1.165) is 0 Å². The lowest BCUT2D eigenvalue weighted by Gasteiger charge is -2.08. The summed E-state index contributed by atoms with van der Waals surface area (Å²) in [5.41, 5.74) is 6.93. The van der Waals surface area contributed by atoms with E-state index in [9.17, 15) is 9.90 Å². The van der Waals surface area contributed by atoms with Crippen molar-refractivity contribution in [3.63, 3.8) is 0 Å². The van der Waals surface area contributed by atoms with E-state index < -0.39 is 5.97 Å². The molecule has 7 nitrogen and oxygen atoms in total. The first-order chi connectivity index (χ1) is 9.60. The molecule has 1 aromatic heterocycles. The molecule has 0 radical (unpaired) electrons. The van der Waals surface area contributed by atoms with Gasteiger partial charge >= 0.3 is 0 Å². The van der Waals surface area contributed by atoms with Gasteiger partial charge in [0, 0.05) is 5.69 Å². The van der Waals surface area contributed by atoms with Gasteiger partial charge in [-0.3, -0.25) is 0 Å². The van der Waals surface area contributed by atoms with Crippen LogP contribution in [0.1, 0.15) is 21.7 Å². The lowest BCUT2D eigenvalue weighted by Crippen LogP contribution is -2.21. The molecule has 1 aromatic carbocycles. The zero-order chi connectivity index (χ0) is 14.5. The molecule has 0 fully saturated rings. The molecule has 2 rings (SSSR count). The number of nitrogens with two attached hydrogens (primary N) is 1. The van der Waals surface area contributed by atoms with Gasteiger partial charge in [-0.15, -0.1) is 0 Å². The molecule has 0 aliphatic rings. The highest BCUT2D eigenvalue weighted by Crippen LogP contribution is 2.11. The van der Waals surface area contributed by atoms with Crippen LogP contribution in [0.2, 0.25) is 0 Å². The molecular formula is C13H10N5O2-. The number of nitriles is 1. The fourth-order valence-electron chi connectivity index (χ4n) is 1.52.